The van der Waals surface area contributed by atoms with E-state index in [1.807, 2.05) is 12.3 Å². The summed E-state index contributed by atoms with van der Waals surface area (Å²) in [4.78, 5) is 25.8. The molecule has 4 heterocycles. The number of aromatic amines is 1. The van der Waals surface area contributed by atoms with E-state index in [0.29, 0.717) is 6.54 Å². The third kappa shape index (κ3) is 2.83. The molecule has 1 aliphatic heterocycles. The lowest BCUT2D eigenvalue weighted by molar-refractivity contribution is 0.242. The molecule has 0 radical (unpaired) electrons. The van der Waals surface area contributed by atoms with Gasteiger partial charge in [-0.3, -0.25) is 19.7 Å². The molecule has 24 heavy (non-hydrogen) atoms. The Kier molecular flexibility index (Phi) is 3.87. The van der Waals surface area contributed by atoms with E-state index in [1.54, 1.807) is 11.3 Å². The first-order chi connectivity index (χ1) is 11.7. The van der Waals surface area contributed by atoms with Crippen LogP contribution in [0, 0.1) is 0 Å². The van der Waals surface area contributed by atoms with Crippen LogP contribution in [0.5, 0.6) is 0 Å². The van der Waals surface area contributed by atoms with Gasteiger partial charge in [-0.15, -0.1) is 0 Å². The summed E-state index contributed by atoms with van der Waals surface area (Å²) in [5.74, 6) is 0.194. The van der Waals surface area contributed by atoms with Crippen LogP contribution in [0.2, 0.25) is 0 Å². The molecule has 0 saturated carbocycles. The van der Waals surface area contributed by atoms with Crippen LogP contribution >= 0.6 is 11.3 Å². The monoisotopic (exact) mass is 339 g/mol. The number of pyridine rings is 1. The van der Waals surface area contributed by atoms with Crippen molar-refractivity contribution in [2.24, 2.45) is 0 Å². The predicted molar refractivity (Wildman–Crippen MR) is 94.6 cm³/mol. The minimum absolute atomic E-state index is 0.133. The summed E-state index contributed by atoms with van der Waals surface area (Å²) in [6, 6.07) is 6.14. The Bertz CT molecular complexity index is 919. The van der Waals surface area contributed by atoms with Crippen LogP contribution < -0.4 is 11.3 Å². The maximum atomic E-state index is 12.1. The van der Waals surface area contributed by atoms with Crippen LogP contribution in [0.4, 0.5) is 5.95 Å². The Hall–Kier alpha value is -2.51. The molecule has 0 aliphatic carbocycles. The number of H-pyrrole nitrogens is 1. The van der Waals surface area contributed by atoms with Gasteiger partial charge < -0.3 is 5.73 Å². The summed E-state index contributed by atoms with van der Waals surface area (Å²) in [5.41, 5.74) is 10.3. The molecule has 4 rings (SSSR count). The molecule has 7 heteroatoms. The molecule has 3 aromatic heterocycles. The first kappa shape index (κ1) is 15.0. The van der Waals surface area contributed by atoms with E-state index in [2.05, 4.69) is 42.7 Å². The number of fused-ring (bicyclic) bond motifs is 1. The molecular weight excluding hydrogens is 322 g/mol. The first-order valence-electron chi connectivity index (χ1n) is 7.77. The molecule has 0 atom stereocenters. The molecule has 0 spiro atoms. The number of thiophene rings is 1. The normalized spacial score (nSPS) is 14.5. The molecule has 0 fully saturated rings. The van der Waals surface area contributed by atoms with Gasteiger partial charge in [0.15, 0.2) is 0 Å². The summed E-state index contributed by atoms with van der Waals surface area (Å²) < 4.78 is 0. The summed E-state index contributed by atoms with van der Waals surface area (Å²) >= 11 is 1.66. The van der Waals surface area contributed by atoms with E-state index in [1.165, 1.54) is 5.56 Å². The van der Waals surface area contributed by atoms with E-state index in [9.17, 15) is 4.79 Å². The van der Waals surface area contributed by atoms with Crippen molar-refractivity contribution >= 4 is 17.3 Å². The number of nitrogen functional groups attached to an aromatic ring is 1. The zero-order valence-corrected chi connectivity index (χ0v) is 13.8. The molecule has 6 nitrogen and oxygen atoms in total. The number of anilines is 1. The van der Waals surface area contributed by atoms with Crippen LogP contribution in [0.3, 0.4) is 0 Å². The lowest BCUT2D eigenvalue weighted by Crippen LogP contribution is -2.35. The van der Waals surface area contributed by atoms with E-state index in [0.717, 1.165) is 42.0 Å². The number of nitrogens with two attached hydrogens (primary N) is 1. The Balaban J connectivity index is 1.61. The second kappa shape index (κ2) is 6.18. The maximum absolute atomic E-state index is 12.1. The smallest absolute Gasteiger partial charge is 0.257 e. The largest absolute Gasteiger partial charge is 0.369 e. The molecule has 0 bridgehead atoms. The van der Waals surface area contributed by atoms with Crippen molar-refractivity contribution < 1.29 is 0 Å². The number of hydrogen-bond donors (Lipinski definition) is 2. The van der Waals surface area contributed by atoms with E-state index >= 15 is 0 Å². The Morgan fingerprint density at radius 2 is 2.29 bits per heavy atom. The predicted octanol–water partition coefficient (Wildman–Crippen LogP) is 2.03. The van der Waals surface area contributed by atoms with Crippen LogP contribution in [-0.4, -0.2) is 26.4 Å². The fourth-order valence-corrected chi connectivity index (χ4v) is 3.74. The van der Waals surface area contributed by atoms with Gasteiger partial charge in [0.05, 0.1) is 17.0 Å². The van der Waals surface area contributed by atoms with Gasteiger partial charge in [0, 0.05) is 43.2 Å². The minimum Gasteiger partial charge on any atom is -0.369 e. The highest BCUT2D eigenvalue weighted by Gasteiger charge is 2.22. The van der Waals surface area contributed by atoms with Crippen molar-refractivity contribution in [3.05, 3.63) is 62.3 Å². The number of hydrogen-bond acceptors (Lipinski definition) is 6. The number of nitrogens with one attached hydrogen (secondary N) is 1. The molecule has 0 aromatic carbocycles. The second-order valence-electron chi connectivity index (χ2n) is 5.86. The number of nitrogens with zero attached hydrogens (tertiary/aromatic N) is 3. The van der Waals surface area contributed by atoms with Crippen molar-refractivity contribution in [1.29, 1.82) is 0 Å². The van der Waals surface area contributed by atoms with Crippen molar-refractivity contribution in [2.75, 3.05) is 12.3 Å². The molecule has 3 N–H and O–H groups in total. The molecule has 0 amide bonds. The quantitative estimate of drug-likeness (QED) is 0.762. The van der Waals surface area contributed by atoms with Crippen molar-refractivity contribution in [1.82, 2.24) is 19.9 Å². The highest BCUT2D eigenvalue weighted by molar-refractivity contribution is 7.08. The molecule has 0 unspecified atom stereocenters. The van der Waals surface area contributed by atoms with Gasteiger partial charge in [-0.05, 0) is 23.1 Å². The van der Waals surface area contributed by atoms with E-state index in [4.69, 9.17) is 5.73 Å². The third-order valence-corrected chi connectivity index (χ3v) is 4.93. The van der Waals surface area contributed by atoms with Crippen LogP contribution in [0.25, 0.3) is 11.3 Å². The average Bonchev–Trinajstić information content (AvgIpc) is 3.10. The summed E-state index contributed by atoms with van der Waals surface area (Å²) in [7, 11) is 0. The average molecular weight is 339 g/mol. The third-order valence-electron chi connectivity index (χ3n) is 4.25. The summed E-state index contributed by atoms with van der Waals surface area (Å²) in [6.07, 6.45) is 2.55. The van der Waals surface area contributed by atoms with Gasteiger partial charge in [-0.1, -0.05) is 6.07 Å². The zero-order valence-electron chi connectivity index (χ0n) is 13.0. The lowest BCUT2D eigenvalue weighted by Gasteiger charge is -2.28. The molecule has 0 saturated heterocycles. The number of aromatic nitrogens is 3. The SMILES string of the molecule is Nc1nc2c(c(=O)[nH]1)CN(Cc1cccnc1-c1ccsc1)CC2. The van der Waals surface area contributed by atoms with Crippen LogP contribution in [-0.2, 0) is 19.5 Å². The Labute approximate surface area is 143 Å². The molecule has 3 aromatic rings. The number of rotatable bonds is 3. The van der Waals surface area contributed by atoms with Gasteiger partial charge in [0.25, 0.3) is 5.56 Å². The van der Waals surface area contributed by atoms with Gasteiger partial charge in [0.1, 0.15) is 0 Å². The van der Waals surface area contributed by atoms with E-state index in [-0.39, 0.29) is 11.5 Å². The highest BCUT2D eigenvalue weighted by atomic mass is 32.1. The second-order valence-corrected chi connectivity index (χ2v) is 6.64. The standard InChI is InChI=1S/C17H17N5OS/c18-17-20-14-3-6-22(9-13(14)16(23)21-17)8-11-2-1-5-19-15(11)12-4-7-24-10-12/h1-2,4-5,7,10H,3,6,8-9H2,(H3,18,20,21,23). The van der Waals surface area contributed by atoms with Crippen molar-refractivity contribution in [2.45, 2.75) is 19.5 Å². The van der Waals surface area contributed by atoms with E-state index < -0.39 is 0 Å². The first-order valence-corrected chi connectivity index (χ1v) is 8.71. The van der Waals surface area contributed by atoms with Crippen molar-refractivity contribution in [3.63, 3.8) is 0 Å². The Morgan fingerprint density at radius 3 is 3.12 bits per heavy atom. The fraction of sp³-hybridized carbons (Fsp3) is 0.235. The van der Waals surface area contributed by atoms with Gasteiger partial charge in [-0.2, -0.15) is 11.3 Å². The van der Waals surface area contributed by atoms with Crippen LogP contribution in [0.1, 0.15) is 16.8 Å². The van der Waals surface area contributed by atoms with Crippen molar-refractivity contribution in [3.8, 4) is 11.3 Å². The summed E-state index contributed by atoms with van der Waals surface area (Å²) in [5, 5.41) is 4.16. The summed E-state index contributed by atoms with van der Waals surface area (Å²) in [6.45, 7) is 2.18. The molecule has 1 aliphatic rings. The molecular formula is C17H17N5OS. The highest BCUT2D eigenvalue weighted by Crippen LogP contribution is 2.26. The fourth-order valence-electron chi connectivity index (χ4n) is 3.10. The van der Waals surface area contributed by atoms with Gasteiger partial charge >= 0.3 is 0 Å². The minimum atomic E-state index is -0.133. The lowest BCUT2D eigenvalue weighted by atomic mass is 10.0. The van der Waals surface area contributed by atoms with Gasteiger partial charge in [-0.25, -0.2) is 4.98 Å². The zero-order chi connectivity index (χ0) is 16.5. The van der Waals surface area contributed by atoms with Crippen LogP contribution in [0.15, 0.2) is 40.0 Å². The maximum Gasteiger partial charge on any atom is 0.257 e. The topological polar surface area (TPSA) is 87.9 Å². The Morgan fingerprint density at radius 1 is 1.38 bits per heavy atom. The van der Waals surface area contributed by atoms with Gasteiger partial charge in [0.2, 0.25) is 5.95 Å². The molecule has 122 valence electrons.